The maximum absolute atomic E-state index is 8.60. The molecule has 0 spiro atoms. The Morgan fingerprint density at radius 1 is 1.33 bits per heavy atom. The number of hydrogen-bond acceptors (Lipinski definition) is 6. The fourth-order valence-electron chi connectivity index (χ4n) is 0. The van der Waals surface area contributed by atoms with Crippen LogP contribution in [0.15, 0.2) is 0 Å². The zero-order chi connectivity index (χ0) is 8.08. The van der Waals surface area contributed by atoms with Crippen molar-refractivity contribution in [3.05, 3.63) is 10.1 Å². The predicted octanol–water partition coefficient (Wildman–Crippen LogP) is -4.47. The maximum Gasteiger partial charge on any atom is 0.291 e. The number of rotatable bonds is 0. The maximum atomic E-state index is 8.60. The molecule has 0 aromatic carbocycles. The summed E-state index contributed by atoms with van der Waals surface area (Å²) >= 11 is 0. The number of hydrogen-bond donors (Lipinski definition) is 2. The topological polar surface area (TPSA) is 153 Å². The van der Waals surface area contributed by atoms with E-state index in [0.717, 1.165) is 0 Å². The second-order valence-corrected chi connectivity index (χ2v) is 1.43. The van der Waals surface area contributed by atoms with E-state index in [4.69, 9.17) is 34.0 Å². The Bertz CT molecular complexity index is 71.4. The van der Waals surface area contributed by atoms with Gasteiger partial charge < -0.3 is 5.21 Å². The summed E-state index contributed by atoms with van der Waals surface area (Å²) in [5.74, 6) is 0. The molecule has 0 atom stereocenters. The zero-order valence-electron chi connectivity index (χ0n) is 3.76. The summed E-state index contributed by atoms with van der Waals surface area (Å²) in [6, 6.07) is 0. The molecule has 0 saturated heterocycles. The van der Waals surface area contributed by atoms with Crippen LogP contribution in [0, 0.1) is 20.4 Å². The van der Waals surface area contributed by atoms with Crippen molar-refractivity contribution in [3.8, 4) is 0 Å². The smallest absolute Gasteiger partial charge is 0.291 e. The second kappa shape index (κ2) is 4.23. The molecule has 0 amide bonds. The molecule has 8 nitrogen and oxygen atoms in total. The average Bonchev–Trinajstić information content (AvgIpc) is 1.19. The van der Waals surface area contributed by atoms with Gasteiger partial charge in [0, 0.05) is 0 Å². The van der Waals surface area contributed by atoms with E-state index in [2.05, 4.69) is 0 Å². The first kappa shape index (κ1) is 11.2. The van der Waals surface area contributed by atoms with Crippen LogP contribution >= 0.6 is 0 Å². The van der Waals surface area contributed by atoms with Crippen molar-refractivity contribution in [2.75, 3.05) is 0 Å². The summed E-state index contributed by atoms with van der Waals surface area (Å²) in [5, 5.41) is 13.6. The lowest BCUT2D eigenvalue weighted by Gasteiger charge is -2.03. The Labute approximate surface area is 50.4 Å². The van der Waals surface area contributed by atoms with E-state index in [1.165, 1.54) is 0 Å². The second-order valence-electron chi connectivity index (χ2n) is 0.634. The van der Waals surface area contributed by atoms with E-state index >= 15 is 0 Å². The van der Waals surface area contributed by atoms with Gasteiger partial charge in [0.1, 0.15) is 0 Å². The van der Waals surface area contributed by atoms with E-state index in [0.29, 0.717) is 0 Å². The lowest BCUT2D eigenvalue weighted by molar-refractivity contribution is -1.92. The third kappa shape index (κ3) is 464. The first-order valence-corrected chi connectivity index (χ1v) is 2.46. The molecule has 0 aromatic rings. The van der Waals surface area contributed by atoms with Gasteiger partial charge in [-0.25, -0.2) is 0 Å². The van der Waals surface area contributed by atoms with Gasteiger partial charge in [-0.05, 0) is 0 Å². The highest BCUT2D eigenvalue weighted by Gasteiger charge is 1.98. The lowest BCUT2D eigenvalue weighted by Crippen LogP contribution is -2.58. The highest BCUT2D eigenvalue weighted by atomic mass is 35.7. The van der Waals surface area contributed by atoms with Crippen LogP contribution in [0.2, 0.25) is 0 Å². The molecule has 0 fully saturated rings. The Balaban J connectivity index is 0. The molecule has 0 aromatic heterocycles. The van der Waals surface area contributed by atoms with Crippen molar-refractivity contribution in [2.45, 2.75) is 0 Å². The standard InChI is InChI=1S/ClHO4.HNO3/c2-1(3,4)5;2-1(3)4/h(H,2,3,4,5);(H,2,3,4). The van der Waals surface area contributed by atoms with Crippen LogP contribution in [-0.4, -0.2) is 15.0 Å². The fraction of sp³-hybridized carbons (Fsp3) is 0. The molecular formula is H2ClNO7. The monoisotopic (exact) mass is 163 g/mol. The van der Waals surface area contributed by atoms with Gasteiger partial charge in [-0.1, -0.05) is 0 Å². The van der Waals surface area contributed by atoms with Crippen molar-refractivity contribution in [1.29, 1.82) is 0 Å². The molecule has 0 aliphatic heterocycles. The summed E-state index contributed by atoms with van der Waals surface area (Å²) < 4.78 is 32.7. The van der Waals surface area contributed by atoms with Crippen molar-refractivity contribution >= 4 is 0 Å². The normalized spacial score (nSPS) is 9.33. The third-order valence-electron chi connectivity index (χ3n) is 0. The first-order valence-electron chi connectivity index (χ1n) is 1.20. The van der Waals surface area contributed by atoms with E-state index in [1.807, 2.05) is 0 Å². The quantitative estimate of drug-likeness (QED) is 0.270. The van der Waals surface area contributed by atoms with Gasteiger partial charge in [-0.3, -0.25) is 0 Å². The number of halogens is 1. The molecule has 9 heteroatoms. The average molecular weight is 163 g/mol. The third-order valence-corrected chi connectivity index (χ3v) is 0. The summed E-state index contributed by atoms with van der Waals surface area (Å²) in [5.41, 5.74) is 0. The largest absolute Gasteiger partial charge is 0.328 e. The minimum absolute atomic E-state index is 1.50. The Morgan fingerprint density at radius 3 is 1.33 bits per heavy atom. The van der Waals surface area contributed by atoms with Gasteiger partial charge in [0.15, 0.2) is 0 Å². The highest BCUT2D eigenvalue weighted by molar-refractivity contribution is 3.83. The van der Waals surface area contributed by atoms with Crippen LogP contribution in [0.5, 0.6) is 0 Å². The molecule has 0 saturated carbocycles. The molecule has 0 unspecified atom stereocenters. The van der Waals surface area contributed by atoms with Crippen LogP contribution in [-0.2, 0) is 0 Å². The summed E-state index contributed by atoms with van der Waals surface area (Å²) in [6.45, 7) is 0. The molecule has 0 heterocycles. The molecule has 56 valence electrons. The van der Waals surface area contributed by atoms with E-state index in [1.54, 1.807) is 0 Å². The molecule has 0 radical (unpaired) electrons. The van der Waals surface area contributed by atoms with Crippen molar-refractivity contribution < 1.29 is 39.2 Å². The van der Waals surface area contributed by atoms with Crippen LogP contribution in [0.1, 0.15) is 0 Å². The SMILES string of the molecule is O=[N+]([O-])O.[O-][Cl+3]([O-])([O-])O. The Hall–Kier alpha value is -0.670. The molecule has 0 rings (SSSR count). The van der Waals surface area contributed by atoms with Crippen LogP contribution in [0.25, 0.3) is 0 Å². The zero-order valence-corrected chi connectivity index (χ0v) is 4.52. The van der Waals surface area contributed by atoms with Gasteiger partial charge in [0.25, 0.3) is 5.09 Å². The van der Waals surface area contributed by atoms with Crippen molar-refractivity contribution in [2.24, 2.45) is 0 Å². The molecule has 0 aliphatic rings. The highest BCUT2D eigenvalue weighted by Crippen LogP contribution is 1.60. The summed E-state index contributed by atoms with van der Waals surface area (Å²) in [6.07, 6.45) is 0. The van der Waals surface area contributed by atoms with E-state index in [9.17, 15) is 0 Å². The lowest BCUT2D eigenvalue weighted by atomic mass is 13.1. The van der Waals surface area contributed by atoms with E-state index in [-0.39, 0.29) is 0 Å². The molecule has 9 heavy (non-hydrogen) atoms. The van der Waals surface area contributed by atoms with Gasteiger partial charge in [-0.2, -0.15) is 14.0 Å². The van der Waals surface area contributed by atoms with Gasteiger partial charge in [0.05, 0.1) is 14.9 Å². The Kier molecular flexibility index (Phi) is 5.25. The van der Waals surface area contributed by atoms with Crippen molar-refractivity contribution in [3.63, 3.8) is 0 Å². The first-order chi connectivity index (χ1) is 3.73. The van der Waals surface area contributed by atoms with Gasteiger partial charge >= 0.3 is 0 Å². The molecule has 0 aliphatic carbocycles. The van der Waals surface area contributed by atoms with Gasteiger partial charge in [-0.15, -0.1) is 10.1 Å². The fourth-order valence-corrected chi connectivity index (χ4v) is 0. The predicted molar refractivity (Wildman–Crippen MR) is 11.0 cm³/mol. The summed E-state index contributed by atoms with van der Waals surface area (Å²) in [4.78, 5) is 8.36. The number of nitrogens with zero attached hydrogens (tertiary/aromatic N) is 1. The summed E-state index contributed by atoms with van der Waals surface area (Å²) in [7, 11) is -4.69. The van der Waals surface area contributed by atoms with E-state index < -0.39 is 15.3 Å². The van der Waals surface area contributed by atoms with Crippen molar-refractivity contribution in [1.82, 2.24) is 0 Å². The minimum atomic E-state index is -4.69. The minimum Gasteiger partial charge on any atom is -0.328 e. The van der Waals surface area contributed by atoms with Crippen LogP contribution in [0.3, 0.4) is 0 Å². The molecule has 2 N–H and O–H groups in total. The molecule has 0 bridgehead atoms. The Morgan fingerprint density at radius 2 is 1.33 bits per heavy atom. The van der Waals surface area contributed by atoms with Gasteiger partial charge in [0.2, 0.25) is 0 Å². The molecular weight excluding hydrogens is 161 g/mol. The van der Waals surface area contributed by atoms with Crippen LogP contribution < -0.4 is 14.0 Å². The van der Waals surface area contributed by atoms with Crippen LogP contribution in [0.4, 0.5) is 0 Å².